The smallest absolute Gasteiger partial charge is 0.215 e. The number of aliphatic hydroxyl groups is 3. The number of hydrogen-bond donors (Lipinski definition) is 5. The van der Waals surface area contributed by atoms with Crippen molar-refractivity contribution in [1.82, 2.24) is 14.5 Å². The summed E-state index contributed by atoms with van der Waals surface area (Å²) in [6.07, 6.45) is -0.549. The van der Waals surface area contributed by atoms with Gasteiger partial charge >= 0.3 is 0 Å². The molecular weight excluding hydrogens is 318 g/mol. The second-order valence-electron chi connectivity index (χ2n) is 5.82. The van der Waals surface area contributed by atoms with Crippen molar-refractivity contribution in [3.05, 3.63) is 18.1 Å². The predicted octanol–water partition coefficient (Wildman–Crippen LogP) is -1.01. The number of hydrogen-bond acceptors (Lipinski definition) is 9. The predicted molar refractivity (Wildman–Crippen MR) is 83.4 cm³/mol. The summed E-state index contributed by atoms with van der Waals surface area (Å²) in [4.78, 5) is 8.07. The summed E-state index contributed by atoms with van der Waals surface area (Å²) in [7, 11) is 1.35. The van der Waals surface area contributed by atoms with E-state index in [0.29, 0.717) is 16.6 Å². The number of nitrogens with one attached hydrogen (secondary N) is 1. The SMILES string of the molecule is COC(=N)c1cn(C2O[C@H](CO)[C@@H](O)[C@@]2(C)O)c2ncnc(N)c12. The third-order valence-electron chi connectivity index (χ3n) is 4.27. The van der Waals surface area contributed by atoms with Crippen LogP contribution >= 0.6 is 0 Å². The fourth-order valence-corrected chi connectivity index (χ4v) is 2.96. The second kappa shape index (κ2) is 5.67. The van der Waals surface area contributed by atoms with Crippen molar-refractivity contribution in [3.63, 3.8) is 0 Å². The normalized spacial score (nSPS) is 30.0. The molecule has 0 radical (unpaired) electrons. The second-order valence-corrected chi connectivity index (χ2v) is 5.82. The van der Waals surface area contributed by atoms with Crippen molar-refractivity contribution in [2.75, 3.05) is 19.5 Å². The Bertz CT molecular complexity index is 789. The van der Waals surface area contributed by atoms with Gasteiger partial charge in [-0.15, -0.1) is 0 Å². The van der Waals surface area contributed by atoms with E-state index in [0.717, 1.165) is 0 Å². The molecule has 24 heavy (non-hydrogen) atoms. The molecule has 0 amide bonds. The molecule has 1 unspecified atom stereocenters. The van der Waals surface area contributed by atoms with E-state index in [9.17, 15) is 15.3 Å². The van der Waals surface area contributed by atoms with Crippen molar-refractivity contribution in [1.29, 1.82) is 5.41 Å². The molecule has 0 bridgehead atoms. The van der Waals surface area contributed by atoms with E-state index in [4.69, 9.17) is 20.6 Å². The van der Waals surface area contributed by atoms with Crippen molar-refractivity contribution < 1.29 is 24.8 Å². The monoisotopic (exact) mass is 337 g/mol. The van der Waals surface area contributed by atoms with Gasteiger partial charge in [-0.25, -0.2) is 9.97 Å². The molecule has 1 aliphatic rings. The highest BCUT2D eigenvalue weighted by atomic mass is 16.6. The zero-order chi connectivity index (χ0) is 17.6. The number of aliphatic hydroxyl groups excluding tert-OH is 2. The number of nitrogen functional groups attached to an aromatic ring is 1. The number of anilines is 1. The molecule has 3 rings (SSSR count). The van der Waals surface area contributed by atoms with Crippen LogP contribution in [0.1, 0.15) is 18.7 Å². The summed E-state index contributed by atoms with van der Waals surface area (Å²) in [5.41, 5.74) is 4.85. The third-order valence-corrected chi connectivity index (χ3v) is 4.27. The van der Waals surface area contributed by atoms with Gasteiger partial charge in [-0.05, 0) is 6.92 Å². The summed E-state index contributed by atoms with van der Waals surface area (Å²) in [6.45, 7) is 0.945. The Labute approximate surface area is 137 Å². The molecule has 4 atom stereocenters. The summed E-state index contributed by atoms with van der Waals surface area (Å²) >= 11 is 0. The van der Waals surface area contributed by atoms with Crippen molar-refractivity contribution >= 4 is 22.7 Å². The Hall–Kier alpha value is -2.27. The van der Waals surface area contributed by atoms with Gasteiger partial charge < -0.3 is 35.1 Å². The van der Waals surface area contributed by atoms with Gasteiger partial charge in [-0.3, -0.25) is 5.41 Å². The van der Waals surface area contributed by atoms with Gasteiger partial charge in [0.15, 0.2) is 6.23 Å². The van der Waals surface area contributed by atoms with Crippen LogP contribution in [0.15, 0.2) is 12.5 Å². The molecule has 2 aromatic heterocycles. The van der Waals surface area contributed by atoms with Gasteiger partial charge in [0.25, 0.3) is 0 Å². The summed E-state index contributed by atoms with van der Waals surface area (Å²) in [6, 6.07) is 0. The maximum atomic E-state index is 10.6. The Kier molecular flexibility index (Phi) is 3.92. The standard InChI is InChI=1S/C14H19N5O5/c1-14(22)9(21)7(4-20)24-13(14)19-3-6(11(16)23-2)8-10(15)17-5-18-12(8)19/h3,5,7,9,13,16,20-22H,4H2,1-2H3,(H2,15,17,18)/t7-,9-,13?,14-/m1/s1. The van der Waals surface area contributed by atoms with Crippen LogP contribution in [-0.4, -0.2) is 67.3 Å². The quantitative estimate of drug-likeness (QED) is 0.352. The summed E-state index contributed by atoms with van der Waals surface area (Å²) in [5.74, 6) is -0.00964. The Morgan fingerprint density at radius 3 is 2.83 bits per heavy atom. The lowest BCUT2D eigenvalue weighted by molar-refractivity contribution is -0.0948. The molecule has 2 aromatic rings. The number of ether oxygens (including phenoxy) is 2. The third kappa shape index (κ3) is 2.23. The molecule has 1 aliphatic heterocycles. The number of nitrogens with zero attached hydrogens (tertiary/aromatic N) is 3. The van der Waals surface area contributed by atoms with Gasteiger partial charge in [0.2, 0.25) is 5.90 Å². The zero-order valence-corrected chi connectivity index (χ0v) is 13.2. The van der Waals surface area contributed by atoms with Crippen molar-refractivity contribution in [3.8, 4) is 0 Å². The Morgan fingerprint density at radius 2 is 2.25 bits per heavy atom. The lowest BCUT2D eigenvalue weighted by Crippen LogP contribution is -2.44. The molecule has 0 spiro atoms. The van der Waals surface area contributed by atoms with E-state index >= 15 is 0 Å². The summed E-state index contributed by atoms with van der Waals surface area (Å²) in [5, 5.41) is 38.4. The molecule has 1 fully saturated rings. The molecule has 6 N–H and O–H groups in total. The molecule has 10 nitrogen and oxygen atoms in total. The number of fused-ring (bicyclic) bond motifs is 1. The van der Waals surface area contributed by atoms with Crippen molar-refractivity contribution in [2.45, 2.75) is 31.0 Å². The topological polar surface area (TPSA) is 160 Å². The average molecular weight is 337 g/mol. The molecule has 0 aromatic carbocycles. The lowest BCUT2D eigenvalue weighted by atomic mass is 9.96. The van der Waals surface area contributed by atoms with E-state index in [1.54, 1.807) is 0 Å². The first-order valence-corrected chi connectivity index (χ1v) is 7.23. The minimum atomic E-state index is -1.69. The van der Waals surface area contributed by atoms with Crippen LogP contribution in [0.2, 0.25) is 0 Å². The Morgan fingerprint density at radius 1 is 1.54 bits per heavy atom. The van der Waals surface area contributed by atoms with Crippen LogP contribution in [-0.2, 0) is 9.47 Å². The fraction of sp³-hybridized carbons (Fsp3) is 0.500. The highest BCUT2D eigenvalue weighted by Gasteiger charge is 2.53. The van der Waals surface area contributed by atoms with Crippen LogP contribution in [0, 0.1) is 5.41 Å². The van der Waals surface area contributed by atoms with E-state index in [1.807, 2.05) is 0 Å². The Balaban J connectivity index is 2.21. The van der Waals surface area contributed by atoms with E-state index in [-0.39, 0.29) is 11.7 Å². The number of methoxy groups -OCH3 is 1. The molecular formula is C14H19N5O5. The van der Waals surface area contributed by atoms with Gasteiger partial charge in [0, 0.05) is 6.20 Å². The molecule has 130 valence electrons. The molecule has 1 saturated heterocycles. The average Bonchev–Trinajstić information content (AvgIpc) is 3.04. The van der Waals surface area contributed by atoms with Gasteiger partial charge in [0.05, 0.1) is 24.7 Å². The van der Waals surface area contributed by atoms with Gasteiger partial charge in [0.1, 0.15) is 35.6 Å². The first kappa shape index (κ1) is 16.6. The van der Waals surface area contributed by atoms with Gasteiger partial charge in [-0.1, -0.05) is 0 Å². The summed E-state index contributed by atoms with van der Waals surface area (Å²) < 4.78 is 12.0. The lowest BCUT2D eigenvalue weighted by Gasteiger charge is -2.27. The van der Waals surface area contributed by atoms with Crippen LogP contribution < -0.4 is 5.73 Å². The van der Waals surface area contributed by atoms with Crippen LogP contribution in [0.5, 0.6) is 0 Å². The first-order chi connectivity index (χ1) is 11.3. The van der Waals surface area contributed by atoms with E-state index < -0.39 is 30.6 Å². The number of nitrogens with two attached hydrogens (primary N) is 1. The highest BCUT2D eigenvalue weighted by molar-refractivity contribution is 6.08. The van der Waals surface area contributed by atoms with Crippen LogP contribution in [0.4, 0.5) is 5.82 Å². The molecule has 0 saturated carbocycles. The minimum absolute atomic E-state index is 0.146. The molecule has 3 heterocycles. The first-order valence-electron chi connectivity index (χ1n) is 7.23. The maximum absolute atomic E-state index is 10.6. The number of aromatic nitrogens is 3. The fourth-order valence-electron chi connectivity index (χ4n) is 2.96. The maximum Gasteiger partial charge on any atom is 0.215 e. The largest absolute Gasteiger partial charge is 0.481 e. The van der Waals surface area contributed by atoms with E-state index in [2.05, 4.69) is 9.97 Å². The van der Waals surface area contributed by atoms with Crippen molar-refractivity contribution in [2.24, 2.45) is 0 Å². The molecule has 0 aliphatic carbocycles. The highest BCUT2D eigenvalue weighted by Crippen LogP contribution is 2.40. The number of rotatable bonds is 3. The van der Waals surface area contributed by atoms with Crippen LogP contribution in [0.3, 0.4) is 0 Å². The zero-order valence-electron chi connectivity index (χ0n) is 13.2. The minimum Gasteiger partial charge on any atom is -0.481 e. The van der Waals surface area contributed by atoms with Crippen LogP contribution in [0.25, 0.3) is 11.0 Å². The van der Waals surface area contributed by atoms with E-state index in [1.165, 1.54) is 31.1 Å². The molecule has 10 heteroatoms. The van der Waals surface area contributed by atoms with Gasteiger partial charge in [-0.2, -0.15) is 0 Å².